The van der Waals surface area contributed by atoms with Crippen molar-refractivity contribution in [2.75, 3.05) is 20.2 Å². The zero-order valence-electron chi connectivity index (χ0n) is 18.5. The molecule has 1 saturated heterocycles. The number of para-hydroxylation sites is 1. The largest absolute Gasteiger partial charge is 0.496 e. The van der Waals surface area contributed by atoms with Crippen molar-refractivity contribution in [2.24, 2.45) is 5.92 Å². The summed E-state index contributed by atoms with van der Waals surface area (Å²) < 4.78 is 35.5. The highest BCUT2D eigenvalue weighted by molar-refractivity contribution is 7.89. The first-order valence-corrected chi connectivity index (χ1v) is 12.4. The fourth-order valence-electron chi connectivity index (χ4n) is 4.31. The van der Waals surface area contributed by atoms with E-state index in [2.05, 4.69) is 16.8 Å². The van der Waals surface area contributed by atoms with Crippen LogP contribution < -0.4 is 10.1 Å². The van der Waals surface area contributed by atoms with E-state index in [9.17, 15) is 13.2 Å². The van der Waals surface area contributed by atoms with Crippen molar-refractivity contribution in [1.29, 1.82) is 0 Å². The summed E-state index contributed by atoms with van der Waals surface area (Å²) in [5, 5.41) is 3.84. The number of fused-ring (bicyclic) bond motifs is 1. The van der Waals surface area contributed by atoms with E-state index >= 15 is 0 Å². The minimum atomic E-state index is -3.67. The topological polar surface area (TPSA) is 80.6 Å². The van der Waals surface area contributed by atoms with Gasteiger partial charge in [-0.25, -0.2) is 8.42 Å². The lowest BCUT2D eigenvalue weighted by Crippen LogP contribution is -2.45. The van der Waals surface area contributed by atoms with E-state index in [1.165, 1.54) is 4.31 Å². The summed E-state index contributed by atoms with van der Waals surface area (Å²) in [6.07, 6.45) is 3.28. The smallest absolute Gasteiger partial charge is 0.243 e. The normalized spacial score (nSPS) is 17.4. The standard InChI is InChI=1S/C24H29N3O4S/c1-3-26-14-12-18-15-21(10-11-22(18)26)32(29,30)27-13-6-8-20(17-27)24(28)25-16-19-7-4-5-9-23(19)31-2/h4-5,7,9-12,14-15,20H,3,6,8,13,16-17H2,1-2H3,(H,25,28). The van der Waals surface area contributed by atoms with E-state index in [1.54, 1.807) is 19.2 Å². The van der Waals surface area contributed by atoms with Crippen molar-refractivity contribution in [2.45, 2.75) is 37.8 Å². The lowest BCUT2D eigenvalue weighted by molar-refractivity contribution is -0.126. The highest BCUT2D eigenvalue weighted by Gasteiger charge is 2.33. The van der Waals surface area contributed by atoms with Crippen LogP contribution >= 0.6 is 0 Å². The van der Waals surface area contributed by atoms with Gasteiger partial charge < -0.3 is 14.6 Å². The number of carbonyl (C=O) groups is 1. The third-order valence-corrected chi connectivity index (χ3v) is 7.98. The Morgan fingerprint density at radius 2 is 2.00 bits per heavy atom. The van der Waals surface area contributed by atoms with E-state index in [0.29, 0.717) is 31.7 Å². The highest BCUT2D eigenvalue weighted by atomic mass is 32.2. The molecule has 0 bridgehead atoms. The highest BCUT2D eigenvalue weighted by Crippen LogP contribution is 2.27. The molecule has 32 heavy (non-hydrogen) atoms. The van der Waals surface area contributed by atoms with E-state index in [-0.39, 0.29) is 23.3 Å². The number of aromatic nitrogens is 1. The van der Waals surface area contributed by atoms with Gasteiger partial charge in [-0.2, -0.15) is 4.31 Å². The molecule has 0 spiro atoms. The average molecular weight is 456 g/mol. The molecule has 1 fully saturated rings. The summed E-state index contributed by atoms with van der Waals surface area (Å²) in [4.78, 5) is 13.1. The number of hydrogen-bond acceptors (Lipinski definition) is 4. The minimum Gasteiger partial charge on any atom is -0.496 e. The fourth-order valence-corrected chi connectivity index (χ4v) is 5.87. The maximum absolute atomic E-state index is 13.3. The summed E-state index contributed by atoms with van der Waals surface area (Å²) in [6.45, 7) is 3.84. The summed E-state index contributed by atoms with van der Waals surface area (Å²) >= 11 is 0. The Labute approximate surface area is 189 Å². The average Bonchev–Trinajstić information content (AvgIpc) is 3.25. The van der Waals surface area contributed by atoms with Crippen molar-refractivity contribution in [1.82, 2.24) is 14.2 Å². The van der Waals surface area contributed by atoms with E-state index < -0.39 is 10.0 Å². The number of sulfonamides is 1. The number of piperidine rings is 1. The van der Waals surface area contributed by atoms with Crippen LogP contribution in [-0.4, -0.2) is 43.4 Å². The second kappa shape index (κ2) is 9.34. The number of aryl methyl sites for hydroxylation is 1. The lowest BCUT2D eigenvalue weighted by atomic mass is 9.98. The summed E-state index contributed by atoms with van der Waals surface area (Å²) in [5.41, 5.74) is 1.90. The van der Waals surface area contributed by atoms with Crippen molar-refractivity contribution in [3.05, 3.63) is 60.3 Å². The SMILES string of the molecule is CCn1ccc2cc(S(=O)(=O)N3CCCC(C(=O)NCc4ccccc4OC)C3)ccc21. The molecule has 0 saturated carbocycles. The Kier molecular flexibility index (Phi) is 6.53. The first-order chi connectivity index (χ1) is 15.4. The van der Waals surface area contributed by atoms with Crippen molar-refractivity contribution >= 4 is 26.8 Å². The van der Waals surface area contributed by atoms with Crippen LogP contribution in [-0.2, 0) is 27.9 Å². The van der Waals surface area contributed by atoms with Gasteiger partial charge in [-0.3, -0.25) is 4.79 Å². The minimum absolute atomic E-state index is 0.133. The zero-order valence-corrected chi connectivity index (χ0v) is 19.3. The molecule has 0 radical (unpaired) electrons. The lowest BCUT2D eigenvalue weighted by Gasteiger charge is -2.31. The Morgan fingerprint density at radius 3 is 2.78 bits per heavy atom. The summed E-state index contributed by atoms with van der Waals surface area (Å²) in [7, 11) is -2.07. The molecular formula is C24H29N3O4S. The molecule has 1 aliphatic rings. The quantitative estimate of drug-likeness (QED) is 0.592. The summed E-state index contributed by atoms with van der Waals surface area (Å²) in [5.74, 6) is 0.206. The molecule has 1 atom stereocenters. The van der Waals surface area contributed by atoms with Gasteiger partial charge in [0.1, 0.15) is 5.75 Å². The maximum atomic E-state index is 13.3. The molecule has 2 aromatic carbocycles. The molecule has 170 valence electrons. The Morgan fingerprint density at radius 1 is 1.19 bits per heavy atom. The molecule has 1 unspecified atom stereocenters. The number of benzene rings is 2. The third-order valence-electron chi connectivity index (χ3n) is 6.12. The predicted octanol–water partition coefficient (Wildman–Crippen LogP) is 3.39. The second-order valence-electron chi connectivity index (χ2n) is 8.05. The first kappa shape index (κ1) is 22.4. The van der Waals surface area contributed by atoms with Gasteiger partial charge in [0, 0.05) is 48.8 Å². The molecule has 1 amide bonds. The van der Waals surface area contributed by atoms with E-state index in [4.69, 9.17) is 4.74 Å². The van der Waals surface area contributed by atoms with Crippen LogP contribution in [0.1, 0.15) is 25.3 Å². The molecule has 8 heteroatoms. The number of nitrogens with one attached hydrogen (secondary N) is 1. The maximum Gasteiger partial charge on any atom is 0.243 e. The first-order valence-electron chi connectivity index (χ1n) is 10.9. The number of nitrogens with zero attached hydrogens (tertiary/aromatic N) is 2. The van der Waals surface area contributed by atoms with Gasteiger partial charge in [-0.05, 0) is 50.1 Å². The number of amides is 1. The van der Waals surface area contributed by atoms with Crippen LogP contribution in [0.15, 0.2) is 59.6 Å². The van der Waals surface area contributed by atoms with Crippen LogP contribution in [0.5, 0.6) is 5.75 Å². The van der Waals surface area contributed by atoms with Crippen LogP contribution in [0.4, 0.5) is 0 Å². The van der Waals surface area contributed by atoms with Crippen LogP contribution in [0.2, 0.25) is 0 Å². The number of hydrogen-bond donors (Lipinski definition) is 1. The number of ether oxygens (including phenoxy) is 1. The monoisotopic (exact) mass is 455 g/mol. The second-order valence-corrected chi connectivity index (χ2v) is 9.99. The Balaban J connectivity index is 1.46. The van der Waals surface area contributed by atoms with Crippen LogP contribution in [0.3, 0.4) is 0 Å². The number of carbonyl (C=O) groups excluding carboxylic acids is 1. The predicted molar refractivity (Wildman–Crippen MR) is 124 cm³/mol. The van der Waals surface area contributed by atoms with Gasteiger partial charge in [0.2, 0.25) is 15.9 Å². The Hall–Kier alpha value is -2.84. The van der Waals surface area contributed by atoms with Gasteiger partial charge in [-0.1, -0.05) is 18.2 Å². The Bertz CT molecular complexity index is 1220. The van der Waals surface area contributed by atoms with Crippen LogP contribution in [0.25, 0.3) is 10.9 Å². The van der Waals surface area contributed by atoms with Crippen molar-refractivity contribution in [3.8, 4) is 5.75 Å². The molecule has 7 nitrogen and oxygen atoms in total. The number of methoxy groups -OCH3 is 1. The molecule has 2 heterocycles. The van der Waals surface area contributed by atoms with Gasteiger partial charge in [0.25, 0.3) is 0 Å². The molecule has 1 N–H and O–H groups in total. The van der Waals surface area contributed by atoms with E-state index in [0.717, 1.165) is 23.0 Å². The molecule has 1 aromatic heterocycles. The van der Waals surface area contributed by atoms with Crippen molar-refractivity contribution in [3.63, 3.8) is 0 Å². The molecule has 4 rings (SSSR count). The summed E-state index contributed by atoms with van der Waals surface area (Å²) in [6, 6.07) is 14.7. The van der Waals surface area contributed by atoms with E-state index in [1.807, 2.05) is 42.6 Å². The van der Waals surface area contributed by atoms with Crippen molar-refractivity contribution < 1.29 is 17.9 Å². The van der Waals surface area contributed by atoms with Crippen LogP contribution in [0, 0.1) is 5.92 Å². The van der Waals surface area contributed by atoms with Gasteiger partial charge in [0.15, 0.2) is 0 Å². The fraction of sp³-hybridized carbons (Fsp3) is 0.375. The third kappa shape index (κ3) is 4.38. The number of rotatable bonds is 7. The molecule has 0 aliphatic carbocycles. The zero-order chi connectivity index (χ0) is 22.7. The molecular weight excluding hydrogens is 426 g/mol. The molecule has 1 aliphatic heterocycles. The molecule has 3 aromatic rings. The van der Waals surface area contributed by atoms with Gasteiger partial charge in [0.05, 0.1) is 17.9 Å². The van der Waals surface area contributed by atoms with Gasteiger partial charge >= 0.3 is 0 Å². The van der Waals surface area contributed by atoms with Gasteiger partial charge in [-0.15, -0.1) is 0 Å².